The van der Waals surface area contributed by atoms with Crippen LogP contribution in [0.2, 0.25) is 0 Å². The van der Waals surface area contributed by atoms with Crippen LogP contribution < -0.4 is 11.5 Å². The van der Waals surface area contributed by atoms with E-state index in [9.17, 15) is 0 Å². The largest absolute Gasteiger partial charge is 0.323 e. The lowest BCUT2D eigenvalue weighted by molar-refractivity contribution is 0.120. The molecule has 0 amide bonds. The predicted molar refractivity (Wildman–Crippen MR) is 100 cm³/mol. The first-order valence-corrected chi connectivity index (χ1v) is 10.6. The van der Waals surface area contributed by atoms with Crippen molar-refractivity contribution in [2.75, 3.05) is 5.75 Å². The summed E-state index contributed by atoms with van der Waals surface area (Å²) in [4.78, 5) is -0.283. The molecule has 0 aromatic heterocycles. The Morgan fingerprint density at radius 2 is 1.09 bits per heavy atom. The maximum Gasteiger partial charge on any atom is 0.0853 e. The topological polar surface area (TPSA) is 52.0 Å². The van der Waals surface area contributed by atoms with Gasteiger partial charge in [-0.15, -0.1) is 11.8 Å². The van der Waals surface area contributed by atoms with Crippen LogP contribution in [0.25, 0.3) is 0 Å². The highest BCUT2D eigenvalue weighted by atomic mass is 32.2. The Balaban J connectivity index is 2.26. The van der Waals surface area contributed by atoms with Gasteiger partial charge in [-0.1, -0.05) is 71.6 Å². The molecule has 1 unspecified atom stereocenters. The Morgan fingerprint density at radius 1 is 0.636 bits per heavy atom. The highest BCUT2D eigenvalue weighted by Crippen LogP contribution is 2.51. The molecule has 2 aliphatic rings. The summed E-state index contributed by atoms with van der Waals surface area (Å²) in [6.45, 7) is 4.76. The first-order valence-electron chi connectivity index (χ1n) is 9.63. The molecule has 0 radical (unpaired) electrons. The van der Waals surface area contributed by atoms with Gasteiger partial charge in [0.2, 0.25) is 0 Å². The van der Waals surface area contributed by atoms with Crippen molar-refractivity contribution in [3.63, 3.8) is 0 Å². The van der Waals surface area contributed by atoms with Gasteiger partial charge in [0.25, 0.3) is 0 Å². The van der Waals surface area contributed by atoms with Crippen molar-refractivity contribution in [3.8, 4) is 0 Å². The van der Waals surface area contributed by atoms with E-state index in [1.165, 1.54) is 76.4 Å². The molecule has 1 saturated heterocycles. The molecule has 0 bridgehead atoms. The number of hydrogen-bond acceptors (Lipinski definition) is 3. The molecule has 1 heterocycles. The molecule has 22 heavy (non-hydrogen) atoms. The van der Waals surface area contributed by atoms with Crippen molar-refractivity contribution in [2.24, 2.45) is 16.9 Å². The van der Waals surface area contributed by atoms with E-state index < -0.39 is 0 Å². The summed E-state index contributed by atoms with van der Waals surface area (Å²) in [6.07, 6.45) is 16.7. The average Bonchev–Trinajstić information content (AvgIpc) is 2.61. The van der Waals surface area contributed by atoms with Crippen LogP contribution in [0.1, 0.15) is 97.3 Å². The third-order valence-corrected chi connectivity index (χ3v) is 8.17. The maximum atomic E-state index is 7.19. The minimum Gasteiger partial charge on any atom is -0.323 e. The van der Waals surface area contributed by atoms with E-state index in [-0.39, 0.29) is 15.8 Å². The van der Waals surface area contributed by atoms with E-state index in [1.807, 2.05) is 11.8 Å². The summed E-state index contributed by atoms with van der Waals surface area (Å²) in [7, 11) is 0. The molecule has 0 aromatic rings. The second-order valence-corrected chi connectivity index (χ2v) is 9.75. The lowest BCUT2D eigenvalue weighted by atomic mass is 9.67. The Labute approximate surface area is 142 Å². The van der Waals surface area contributed by atoms with Gasteiger partial charge in [0.1, 0.15) is 0 Å². The van der Waals surface area contributed by atoms with E-state index in [2.05, 4.69) is 13.8 Å². The summed E-state index contributed by atoms with van der Waals surface area (Å²) < 4.78 is 0. The molecule has 1 saturated carbocycles. The summed E-state index contributed by atoms with van der Waals surface area (Å²) in [5.74, 6) is 1.18. The van der Waals surface area contributed by atoms with Crippen LogP contribution in [0.5, 0.6) is 0 Å². The normalized spacial score (nSPS) is 34.4. The molecule has 1 atom stereocenters. The minimum absolute atomic E-state index is 0.116. The van der Waals surface area contributed by atoms with Crippen molar-refractivity contribution in [2.45, 2.75) is 108 Å². The van der Waals surface area contributed by atoms with Crippen molar-refractivity contribution in [1.82, 2.24) is 0 Å². The molecular formula is C19H38N2S. The van der Waals surface area contributed by atoms with Crippen LogP contribution in [0.3, 0.4) is 0 Å². The highest BCUT2D eigenvalue weighted by molar-refractivity contribution is 8.00. The van der Waals surface area contributed by atoms with Crippen molar-refractivity contribution in [1.29, 1.82) is 0 Å². The van der Waals surface area contributed by atoms with Crippen LogP contribution in [0.4, 0.5) is 0 Å². The molecule has 2 nitrogen and oxygen atoms in total. The maximum absolute atomic E-state index is 7.19. The Hall–Kier alpha value is 0.270. The zero-order chi connectivity index (χ0) is 16.1. The minimum atomic E-state index is -0.283. The first-order chi connectivity index (χ1) is 10.4. The van der Waals surface area contributed by atoms with Gasteiger partial charge in [0, 0.05) is 5.54 Å². The van der Waals surface area contributed by atoms with Gasteiger partial charge in [-0.2, -0.15) is 0 Å². The van der Waals surface area contributed by atoms with Crippen molar-refractivity contribution >= 4 is 11.8 Å². The fraction of sp³-hybridized carbons (Fsp3) is 1.00. The van der Waals surface area contributed by atoms with Gasteiger partial charge < -0.3 is 11.5 Å². The SMILES string of the molecule is CC1(C)CCCCCCSC1(N)C1(N)CCCCCCCC1. The van der Waals surface area contributed by atoms with Gasteiger partial charge in [0.15, 0.2) is 0 Å². The lowest BCUT2D eigenvalue weighted by Crippen LogP contribution is -2.70. The van der Waals surface area contributed by atoms with Crippen LogP contribution in [-0.4, -0.2) is 16.2 Å². The van der Waals surface area contributed by atoms with E-state index in [1.54, 1.807) is 0 Å². The molecule has 0 spiro atoms. The Kier molecular flexibility index (Phi) is 6.68. The van der Waals surface area contributed by atoms with E-state index in [0.29, 0.717) is 0 Å². The molecule has 4 N–H and O–H groups in total. The predicted octanol–water partition coefficient (Wildman–Crippen LogP) is 5.20. The van der Waals surface area contributed by atoms with Gasteiger partial charge in [-0.25, -0.2) is 0 Å². The molecule has 3 heteroatoms. The standard InChI is InChI=1S/C19H38N2S/c1-17(2)13-9-7-8-12-16-22-19(17,21)18(20)14-10-5-3-4-6-11-15-18/h3-16,20-21H2,1-2H3. The number of rotatable bonds is 1. The molecule has 2 rings (SSSR count). The molecule has 0 aromatic carbocycles. The molecule has 1 aliphatic heterocycles. The summed E-state index contributed by atoms with van der Waals surface area (Å²) in [6, 6.07) is 0. The fourth-order valence-corrected chi connectivity index (χ4v) is 6.19. The Bertz CT molecular complexity index is 332. The van der Waals surface area contributed by atoms with E-state index >= 15 is 0 Å². The van der Waals surface area contributed by atoms with Crippen LogP contribution in [0, 0.1) is 5.41 Å². The second kappa shape index (κ2) is 7.90. The summed E-state index contributed by atoms with van der Waals surface area (Å²) >= 11 is 2.00. The lowest BCUT2D eigenvalue weighted by Gasteiger charge is -2.55. The van der Waals surface area contributed by atoms with Crippen molar-refractivity contribution in [3.05, 3.63) is 0 Å². The van der Waals surface area contributed by atoms with Crippen LogP contribution >= 0.6 is 11.8 Å². The third-order valence-electron chi connectivity index (χ3n) is 6.27. The average molecular weight is 327 g/mol. The van der Waals surface area contributed by atoms with Crippen molar-refractivity contribution < 1.29 is 0 Å². The Morgan fingerprint density at radius 3 is 1.68 bits per heavy atom. The van der Waals surface area contributed by atoms with Gasteiger partial charge in [-0.05, 0) is 36.9 Å². The quantitative estimate of drug-likeness (QED) is 0.696. The smallest absolute Gasteiger partial charge is 0.0853 e. The molecule has 130 valence electrons. The zero-order valence-corrected chi connectivity index (χ0v) is 15.8. The van der Waals surface area contributed by atoms with E-state index in [4.69, 9.17) is 11.5 Å². The van der Waals surface area contributed by atoms with Crippen LogP contribution in [0.15, 0.2) is 0 Å². The van der Waals surface area contributed by atoms with Crippen LogP contribution in [-0.2, 0) is 0 Å². The molecular weight excluding hydrogens is 288 g/mol. The summed E-state index contributed by atoms with van der Waals surface area (Å²) in [5, 5.41) is 0. The van der Waals surface area contributed by atoms with E-state index in [0.717, 1.165) is 12.8 Å². The van der Waals surface area contributed by atoms with Gasteiger partial charge in [-0.3, -0.25) is 0 Å². The zero-order valence-electron chi connectivity index (χ0n) is 15.0. The first kappa shape index (κ1) is 18.6. The molecule has 1 aliphatic carbocycles. The number of hydrogen-bond donors (Lipinski definition) is 2. The fourth-order valence-electron chi connectivity index (χ4n) is 4.54. The van der Waals surface area contributed by atoms with Gasteiger partial charge in [0.05, 0.1) is 4.87 Å². The number of thioether (sulfide) groups is 1. The third kappa shape index (κ3) is 4.02. The second-order valence-electron chi connectivity index (χ2n) is 8.41. The highest BCUT2D eigenvalue weighted by Gasteiger charge is 2.54. The summed E-state index contributed by atoms with van der Waals surface area (Å²) in [5.41, 5.74) is 14.2. The monoisotopic (exact) mass is 326 g/mol. The molecule has 2 fully saturated rings. The van der Waals surface area contributed by atoms with Gasteiger partial charge >= 0.3 is 0 Å². The number of nitrogens with two attached hydrogens (primary N) is 2.